The Morgan fingerprint density at radius 3 is 2.44 bits per heavy atom. The van der Waals surface area contributed by atoms with Gasteiger partial charge in [-0.1, -0.05) is 26.0 Å². The number of anilines is 3. The topological polar surface area (TPSA) is 67.1 Å². The SMILES string of the molecule is Cc1cc(CN)ccc1Nc1cnc(N2CCC(C(C)C)CC2)nc1. The van der Waals surface area contributed by atoms with Crippen molar-refractivity contribution in [3.63, 3.8) is 0 Å². The van der Waals surface area contributed by atoms with E-state index in [2.05, 4.69) is 53.1 Å². The van der Waals surface area contributed by atoms with Crippen molar-refractivity contribution >= 4 is 17.3 Å². The zero-order chi connectivity index (χ0) is 17.8. The monoisotopic (exact) mass is 339 g/mol. The van der Waals surface area contributed by atoms with Crippen LogP contribution in [0.1, 0.15) is 37.8 Å². The average Bonchev–Trinajstić information content (AvgIpc) is 2.64. The van der Waals surface area contributed by atoms with Crippen LogP contribution in [0.5, 0.6) is 0 Å². The molecule has 1 fully saturated rings. The molecule has 1 aliphatic rings. The summed E-state index contributed by atoms with van der Waals surface area (Å²) in [6, 6.07) is 6.21. The molecule has 0 saturated carbocycles. The third kappa shape index (κ3) is 4.28. The maximum Gasteiger partial charge on any atom is 0.225 e. The average molecular weight is 339 g/mol. The molecule has 3 N–H and O–H groups in total. The van der Waals surface area contributed by atoms with Gasteiger partial charge in [0.05, 0.1) is 18.1 Å². The van der Waals surface area contributed by atoms with Gasteiger partial charge in [-0.25, -0.2) is 9.97 Å². The number of aromatic nitrogens is 2. The minimum absolute atomic E-state index is 0.562. The van der Waals surface area contributed by atoms with Crippen molar-refractivity contribution in [1.82, 2.24) is 9.97 Å². The number of piperidine rings is 1. The van der Waals surface area contributed by atoms with Crippen molar-refractivity contribution in [2.45, 2.75) is 40.2 Å². The lowest BCUT2D eigenvalue weighted by Gasteiger charge is -2.33. The number of aryl methyl sites for hydroxylation is 1. The van der Waals surface area contributed by atoms with Gasteiger partial charge in [-0.3, -0.25) is 0 Å². The van der Waals surface area contributed by atoms with Crippen molar-refractivity contribution in [2.75, 3.05) is 23.3 Å². The number of nitrogens with one attached hydrogen (secondary N) is 1. The van der Waals surface area contributed by atoms with Crippen LogP contribution in [0.15, 0.2) is 30.6 Å². The molecule has 0 bridgehead atoms. The van der Waals surface area contributed by atoms with E-state index >= 15 is 0 Å². The zero-order valence-corrected chi connectivity index (χ0v) is 15.5. The molecule has 3 rings (SSSR count). The molecule has 1 aromatic carbocycles. The smallest absolute Gasteiger partial charge is 0.225 e. The lowest BCUT2D eigenvalue weighted by Crippen LogP contribution is -2.36. The Labute approximate surface area is 150 Å². The van der Waals surface area contributed by atoms with Gasteiger partial charge in [-0.2, -0.15) is 0 Å². The number of rotatable bonds is 5. The predicted molar refractivity (Wildman–Crippen MR) is 104 cm³/mol. The molecule has 134 valence electrons. The normalized spacial score (nSPS) is 15.6. The number of benzene rings is 1. The first-order valence-corrected chi connectivity index (χ1v) is 9.20. The molecule has 5 heteroatoms. The molecule has 0 radical (unpaired) electrons. The molecule has 2 aromatic rings. The Hall–Kier alpha value is -2.14. The lowest BCUT2D eigenvalue weighted by atomic mass is 9.87. The highest BCUT2D eigenvalue weighted by Crippen LogP contribution is 2.27. The van der Waals surface area contributed by atoms with Crippen molar-refractivity contribution in [1.29, 1.82) is 0 Å². The minimum atomic E-state index is 0.562. The standard InChI is InChI=1S/C20H29N5/c1-14(2)17-6-8-25(9-7-17)20-22-12-18(13-23-20)24-19-5-4-16(11-21)10-15(19)3/h4-5,10,12-14,17,24H,6-9,11,21H2,1-3H3. The summed E-state index contributed by atoms with van der Waals surface area (Å²) in [5, 5.41) is 3.39. The summed E-state index contributed by atoms with van der Waals surface area (Å²) in [6.45, 7) is 9.38. The van der Waals surface area contributed by atoms with E-state index in [0.717, 1.165) is 47.8 Å². The largest absolute Gasteiger partial charge is 0.353 e. The molecular weight excluding hydrogens is 310 g/mol. The van der Waals surface area contributed by atoms with Gasteiger partial charge in [0.2, 0.25) is 5.95 Å². The van der Waals surface area contributed by atoms with Crippen LogP contribution >= 0.6 is 0 Å². The number of hydrogen-bond acceptors (Lipinski definition) is 5. The Morgan fingerprint density at radius 1 is 1.20 bits per heavy atom. The molecule has 0 atom stereocenters. The van der Waals surface area contributed by atoms with Gasteiger partial charge in [0.1, 0.15) is 0 Å². The van der Waals surface area contributed by atoms with Crippen LogP contribution < -0.4 is 16.0 Å². The highest BCUT2D eigenvalue weighted by atomic mass is 15.3. The van der Waals surface area contributed by atoms with Gasteiger partial charge in [0.15, 0.2) is 0 Å². The molecule has 0 amide bonds. The number of hydrogen-bond donors (Lipinski definition) is 2. The summed E-state index contributed by atoms with van der Waals surface area (Å²) in [5.74, 6) is 2.43. The van der Waals surface area contributed by atoms with Gasteiger partial charge < -0.3 is 16.0 Å². The number of nitrogens with two attached hydrogens (primary N) is 1. The number of nitrogens with zero attached hydrogens (tertiary/aromatic N) is 3. The Kier molecular flexibility index (Phi) is 5.53. The minimum Gasteiger partial charge on any atom is -0.353 e. The van der Waals surface area contributed by atoms with Gasteiger partial charge in [-0.15, -0.1) is 0 Å². The van der Waals surface area contributed by atoms with E-state index in [1.54, 1.807) is 0 Å². The van der Waals surface area contributed by atoms with Crippen molar-refractivity contribution < 1.29 is 0 Å². The molecule has 0 unspecified atom stereocenters. The summed E-state index contributed by atoms with van der Waals surface area (Å²) in [5.41, 5.74) is 9.96. The third-order valence-corrected chi connectivity index (χ3v) is 5.21. The summed E-state index contributed by atoms with van der Waals surface area (Å²) in [7, 11) is 0. The predicted octanol–water partition coefficient (Wildman–Crippen LogP) is 3.86. The molecule has 5 nitrogen and oxygen atoms in total. The van der Waals surface area contributed by atoms with Crippen LogP contribution in [0.3, 0.4) is 0 Å². The first-order valence-electron chi connectivity index (χ1n) is 9.20. The molecule has 0 aliphatic carbocycles. The molecule has 2 heterocycles. The maximum atomic E-state index is 5.69. The van der Waals surface area contributed by atoms with Gasteiger partial charge in [-0.05, 0) is 48.8 Å². The molecular formula is C20H29N5. The van der Waals surface area contributed by atoms with Crippen LogP contribution in [0.2, 0.25) is 0 Å². The molecule has 25 heavy (non-hydrogen) atoms. The van der Waals surface area contributed by atoms with E-state index in [4.69, 9.17) is 5.73 Å². The van der Waals surface area contributed by atoms with E-state index in [1.807, 2.05) is 18.5 Å². The van der Waals surface area contributed by atoms with Crippen LogP contribution in [0.25, 0.3) is 0 Å². The van der Waals surface area contributed by atoms with Gasteiger partial charge in [0, 0.05) is 25.3 Å². The fourth-order valence-electron chi connectivity index (χ4n) is 3.46. The summed E-state index contributed by atoms with van der Waals surface area (Å²) in [4.78, 5) is 11.4. The van der Waals surface area contributed by atoms with Crippen LogP contribution in [0.4, 0.5) is 17.3 Å². The van der Waals surface area contributed by atoms with E-state index < -0.39 is 0 Å². The van der Waals surface area contributed by atoms with Crippen LogP contribution in [-0.4, -0.2) is 23.1 Å². The van der Waals surface area contributed by atoms with E-state index in [0.29, 0.717) is 6.54 Å². The second kappa shape index (κ2) is 7.83. The fraction of sp³-hybridized carbons (Fsp3) is 0.500. The summed E-state index contributed by atoms with van der Waals surface area (Å²) in [6.07, 6.45) is 6.20. The highest BCUT2D eigenvalue weighted by Gasteiger charge is 2.22. The zero-order valence-electron chi connectivity index (χ0n) is 15.5. The van der Waals surface area contributed by atoms with Crippen molar-refractivity contribution in [2.24, 2.45) is 17.6 Å². The summed E-state index contributed by atoms with van der Waals surface area (Å²) < 4.78 is 0. The quantitative estimate of drug-likeness (QED) is 0.866. The Morgan fingerprint density at radius 2 is 1.88 bits per heavy atom. The van der Waals surface area contributed by atoms with Crippen LogP contribution in [0, 0.1) is 18.8 Å². The maximum absolute atomic E-state index is 5.69. The first kappa shape index (κ1) is 17.7. The molecule has 0 spiro atoms. The molecule has 1 aromatic heterocycles. The Balaban J connectivity index is 1.63. The Bertz CT molecular complexity index is 688. The van der Waals surface area contributed by atoms with Crippen LogP contribution in [-0.2, 0) is 6.54 Å². The van der Waals surface area contributed by atoms with E-state index in [-0.39, 0.29) is 0 Å². The fourth-order valence-corrected chi connectivity index (χ4v) is 3.46. The first-order chi connectivity index (χ1) is 12.1. The molecule has 1 saturated heterocycles. The third-order valence-electron chi connectivity index (χ3n) is 5.21. The van der Waals surface area contributed by atoms with Crippen molar-refractivity contribution in [3.8, 4) is 0 Å². The van der Waals surface area contributed by atoms with E-state index in [9.17, 15) is 0 Å². The highest BCUT2D eigenvalue weighted by molar-refractivity contribution is 5.62. The second-order valence-corrected chi connectivity index (χ2v) is 7.32. The van der Waals surface area contributed by atoms with Crippen molar-refractivity contribution in [3.05, 3.63) is 41.7 Å². The van der Waals surface area contributed by atoms with Gasteiger partial charge >= 0.3 is 0 Å². The van der Waals surface area contributed by atoms with E-state index in [1.165, 1.54) is 18.4 Å². The van der Waals surface area contributed by atoms with Gasteiger partial charge in [0.25, 0.3) is 0 Å². The lowest BCUT2D eigenvalue weighted by molar-refractivity contribution is 0.310. The summed E-state index contributed by atoms with van der Waals surface area (Å²) >= 11 is 0. The molecule has 1 aliphatic heterocycles. The second-order valence-electron chi connectivity index (χ2n) is 7.32.